The zero-order chi connectivity index (χ0) is 14.0. The summed E-state index contributed by atoms with van der Waals surface area (Å²) in [4.78, 5) is 25.1. The molecule has 0 unspecified atom stereocenters. The Morgan fingerprint density at radius 2 is 1.95 bits per heavy atom. The molecule has 4 nitrogen and oxygen atoms in total. The molecule has 0 saturated carbocycles. The smallest absolute Gasteiger partial charge is 0.337 e. The minimum absolute atomic E-state index is 0.0750. The molecule has 19 heavy (non-hydrogen) atoms. The Morgan fingerprint density at radius 3 is 2.53 bits per heavy atom. The number of carbonyl (C=O) groups excluding carboxylic acids is 1. The highest BCUT2D eigenvalue weighted by Crippen LogP contribution is 2.27. The van der Waals surface area contributed by atoms with Gasteiger partial charge in [0.15, 0.2) is 0 Å². The fourth-order valence-corrected chi connectivity index (χ4v) is 2.77. The molecule has 0 aliphatic heterocycles. The van der Waals surface area contributed by atoms with E-state index in [-0.39, 0.29) is 11.5 Å². The summed E-state index contributed by atoms with van der Waals surface area (Å²) in [6, 6.07) is 7.97. The first kappa shape index (κ1) is 13.6. The molecule has 1 heterocycles. The van der Waals surface area contributed by atoms with Crippen molar-refractivity contribution in [1.29, 1.82) is 0 Å². The third kappa shape index (κ3) is 2.62. The number of aromatic carboxylic acids is 1. The van der Waals surface area contributed by atoms with Crippen LogP contribution in [0.2, 0.25) is 5.02 Å². The first-order valence-corrected chi connectivity index (χ1v) is 6.61. The maximum Gasteiger partial charge on any atom is 0.337 e. The average Bonchev–Trinajstić information content (AvgIpc) is 2.83. The van der Waals surface area contributed by atoms with Crippen LogP contribution < -0.4 is 4.90 Å². The predicted molar refractivity (Wildman–Crippen MR) is 75.5 cm³/mol. The number of carbonyl (C=O) groups is 2. The van der Waals surface area contributed by atoms with E-state index in [1.165, 1.54) is 29.4 Å². The molecule has 0 fully saturated rings. The summed E-state index contributed by atoms with van der Waals surface area (Å²) >= 11 is 7.14. The van der Waals surface area contributed by atoms with Crippen molar-refractivity contribution < 1.29 is 14.7 Å². The molecule has 98 valence electrons. The van der Waals surface area contributed by atoms with E-state index in [4.69, 9.17) is 16.7 Å². The summed E-state index contributed by atoms with van der Waals surface area (Å²) in [6.45, 7) is 0. The van der Waals surface area contributed by atoms with Crippen LogP contribution in [0.25, 0.3) is 0 Å². The van der Waals surface area contributed by atoms with Crippen LogP contribution in [0.5, 0.6) is 0 Å². The highest BCUT2D eigenvalue weighted by molar-refractivity contribution is 7.12. The summed E-state index contributed by atoms with van der Waals surface area (Å²) in [5.41, 5.74) is 0.412. The van der Waals surface area contributed by atoms with Crippen molar-refractivity contribution in [2.24, 2.45) is 0 Å². The zero-order valence-corrected chi connectivity index (χ0v) is 11.5. The molecular formula is C13H10ClNO3S. The second-order valence-corrected chi connectivity index (χ2v) is 5.11. The van der Waals surface area contributed by atoms with Crippen molar-refractivity contribution in [2.75, 3.05) is 11.9 Å². The summed E-state index contributed by atoms with van der Waals surface area (Å²) in [7, 11) is 1.53. The van der Waals surface area contributed by atoms with Crippen LogP contribution in [-0.4, -0.2) is 24.0 Å². The Kier molecular flexibility index (Phi) is 3.87. The molecule has 6 heteroatoms. The molecular weight excluding hydrogens is 286 g/mol. The molecule has 2 rings (SSSR count). The molecule has 1 aromatic heterocycles. The van der Waals surface area contributed by atoms with E-state index in [2.05, 4.69) is 0 Å². The predicted octanol–water partition coefficient (Wildman–Crippen LogP) is 3.38. The van der Waals surface area contributed by atoms with Gasteiger partial charge < -0.3 is 10.0 Å². The minimum Gasteiger partial charge on any atom is -0.478 e. The van der Waals surface area contributed by atoms with Crippen LogP contribution >= 0.6 is 22.9 Å². The van der Waals surface area contributed by atoms with Gasteiger partial charge in [0, 0.05) is 7.05 Å². The molecule has 0 aliphatic rings. The van der Waals surface area contributed by atoms with E-state index >= 15 is 0 Å². The van der Waals surface area contributed by atoms with Crippen LogP contribution in [-0.2, 0) is 0 Å². The first-order valence-electron chi connectivity index (χ1n) is 5.35. The van der Waals surface area contributed by atoms with Gasteiger partial charge in [-0.05, 0) is 23.6 Å². The lowest BCUT2D eigenvalue weighted by molar-refractivity contribution is 0.0697. The van der Waals surface area contributed by atoms with Gasteiger partial charge in [-0.1, -0.05) is 23.7 Å². The molecule has 0 atom stereocenters. The van der Waals surface area contributed by atoms with E-state index in [9.17, 15) is 9.59 Å². The normalized spacial score (nSPS) is 10.2. The molecule has 0 saturated heterocycles. The van der Waals surface area contributed by atoms with Gasteiger partial charge in [-0.3, -0.25) is 4.79 Å². The number of halogens is 1. The summed E-state index contributed by atoms with van der Waals surface area (Å²) < 4.78 is 0. The Balaban J connectivity index is 2.40. The van der Waals surface area contributed by atoms with Gasteiger partial charge in [-0.2, -0.15) is 0 Å². The number of rotatable bonds is 3. The van der Waals surface area contributed by atoms with Crippen LogP contribution in [0, 0.1) is 0 Å². The molecule has 1 amide bonds. The topological polar surface area (TPSA) is 57.6 Å². The number of para-hydroxylation sites is 1. The van der Waals surface area contributed by atoms with Gasteiger partial charge in [0.25, 0.3) is 5.91 Å². The number of amides is 1. The number of thiophene rings is 1. The molecule has 0 spiro atoms. The number of hydrogen-bond donors (Lipinski definition) is 1. The molecule has 2 aromatic rings. The van der Waals surface area contributed by atoms with Gasteiger partial charge in [0.05, 0.1) is 16.3 Å². The summed E-state index contributed by atoms with van der Waals surface area (Å²) in [6.07, 6.45) is 0. The second kappa shape index (κ2) is 5.42. The maximum atomic E-state index is 12.3. The Hall–Kier alpha value is -1.85. The standard InChI is InChI=1S/C13H10ClNO3S/c1-15(12(16)11-9(14)6-7-19-11)10-5-3-2-4-8(10)13(17)18/h2-7H,1H3,(H,17,18). The van der Waals surface area contributed by atoms with Gasteiger partial charge >= 0.3 is 5.97 Å². The van der Waals surface area contributed by atoms with E-state index in [0.29, 0.717) is 15.6 Å². The van der Waals surface area contributed by atoms with Crippen molar-refractivity contribution in [3.8, 4) is 0 Å². The lowest BCUT2D eigenvalue weighted by atomic mass is 10.1. The quantitative estimate of drug-likeness (QED) is 0.944. The third-order valence-corrected chi connectivity index (χ3v) is 3.94. The third-order valence-electron chi connectivity index (χ3n) is 2.61. The first-order chi connectivity index (χ1) is 9.02. The van der Waals surface area contributed by atoms with Crippen molar-refractivity contribution in [1.82, 2.24) is 0 Å². The van der Waals surface area contributed by atoms with Crippen molar-refractivity contribution in [2.45, 2.75) is 0 Å². The van der Waals surface area contributed by atoms with Crippen LogP contribution in [0.15, 0.2) is 35.7 Å². The second-order valence-electron chi connectivity index (χ2n) is 3.78. The molecule has 0 aliphatic carbocycles. The number of carboxylic acid groups (broad SMARTS) is 1. The highest BCUT2D eigenvalue weighted by atomic mass is 35.5. The van der Waals surface area contributed by atoms with E-state index in [0.717, 1.165) is 0 Å². The lowest BCUT2D eigenvalue weighted by Gasteiger charge is -2.18. The number of carboxylic acids is 1. The highest BCUT2D eigenvalue weighted by Gasteiger charge is 2.21. The number of hydrogen-bond acceptors (Lipinski definition) is 3. The Labute approximate surface area is 118 Å². The monoisotopic (exact) mass is 295 g/mol. The summed E-state index contributed by atoms with van der Waals surface area (Å²) in [5, 5.41) is 11.2. The number of benzene rings is 1. The van der Waals surface area contributed by atoms with E-state index in [1.807, 2.05) is 0 Å². The average molecular weight is 296 g/mol. The fourth-order valence-electron chi connectivity index (χ4n) is 1.66. The maximum absolute atomic E-state index is 12.3. The number of nitrogens with zero attached hydrogens (tertiary/aromatic N) is 1. The Morgan fingerprint density at radius 1 is 1.26 bits per heavy atom. The largest absolute Gasteiger partial charge is 0.478 e. The van der Waals surface area contributed by atoms with Crippen molar-refractivity contribution >= 4 is 40.5 Å². The van der Waals surface area contributed by atoms with Crippen LogP contribution in [0.3, 0.4) is 0 Å². The van der Waals surface area contributed by atoms with Crippen LogP contribution in [0.4, 0.5) is 5.69 Å². The van der Waals surface area contributed by atoms with Gasteiger partial charge in [0.1, 0.15) is 4.88 Å². The van der Waals surface area contributed by atoms with Crippen molar-refractivity contribution in [3.05, 3.63) is 51.2 Å². The van der Waals surface area contributed by atoms with Gasteiger partial charge in [-0.15, -0.1) is 11.3 Å². The SMILES string of the molecule is CN(C(=O)c1sccc1Cl)c1ccccc1C(=O)O. The van der Waals surface area contributed by atoms with Gasteiger partial charge in [0.2, 0.25) is 0 Å². The molecule has 1 aromatic carbocycles. The minimum atomic E-state index is -1.08. The molecule has 0 radical (unpaired) electrons. The van der Waals surface area contributed by atoms with Crippen molar-refractivity contribution in [3.63, 3.8) is 0 Å². The zero-order valence-electron chi connectivity index (χ0n) is 9.96. The lowest BCUT2D eigenvalue weighted by Crippen LogP contribution is -2.27. The number of anilines is 1. The fraction of sp³-hybridized carbons (Fsp3) is 0.0769. The van der Waals surface area contributed by atoms with Gasteiger partial charge in [-0.25, -0.2) is 4.79 Å². The summed E-state index contributed by atoms with van der Waals surface area (Å²) in [5.74, 6) is -1.40. The van der Waals surface area contributed by atoms with Crippen LogP contribution in [0.1, 0.15) is 20.0 Å². The van der Waals surface area contributed by atoms with E-state index in [1.54, 1.807) is 29.6 Å². The Bertz CT molecular complexity index is 638. The molecule has 1 N–H and O–H groups in total. The molecule has 0 bridgehead atoms. The van der Waals surface area contributed by atoms with E-state index < -0.39 is 5.97 Å².